The van der Waals surface area contributed by atoms with Gasteiger partial charge in [0.05, 0.1) is 23.0 Å². The third-order valence-corrected chi connectivity index (χ3v) is 6.84. The van der Waals surface area contributed by atoms with Gasteiger partial charge in [0.2, 0.25) is 5.91 Å². The van der Waals surface area contributed by atoms with Crippen LogP contribution in [0.3, 0.4) is 0 Å². The number of sulfone groups is 1. The molecule has 0 radical (unpaired) electrons. The number of alkyl halides is 1. The molecule has 0 N–H and O–H groups in total. The molecule has 33 heavy (non-hydrogen) atoms. The summed E-state index contributed by atoms with van der Waals surface area (Å²) in [5, 5.41) is 0.817. The summed E-state index contributed by atoms with van der Waals surface area (Å²) < 4.78 is 45.3. The van der Waals surface area contributed by atoms with Crippen molar-refractivity contribution in [1.29, 1.82) is 0 Å². The third kappa shape index (κ3) is 5.52. The first-order valence-electron chi connectivity index (χ1n) is 10.9. The van der Waals surface area contributed by atoms with Crippen LogP contribution in [-0.4, -0.2) is 59.9 Å². The highest BCUT2D eigenvalue weighted by molar-refractivity contribution is 7.90. The molecule has 0 saturated carbocycles. The zero-order chi connectivity index (χ0) is 23.8. The molecule has 0 bridgehead atoms. The number of piperidine rings is 1. The number of rotatable bonds is 6. The van der Waals surface area contributed by atoms with E-state index in [0.717, 1.165) is 10.9 Å². The molecule has 4 rings (SSSR count). The Morgan fingerprint density at radius 2 is 1.91 bits per heavy atom. The van der Waals surface area contributed by atoms with E-state index in [2.05, 4.69) is 4.98 Å². The van der Waals surface area contributed by atoms with Crippen LogP contribution in [0.1, 0.15) is 33.1 Å². The van der Waals surface area contributed by atoms with Crippen molar-refractivity contribution in [3.63, 3.8) is 0 Å². The van der Waals surface area contributed by atoms with Crippen molar-refractivity contribution < 1.29 is 22.3 Å². The minimum Gasteiger partial charge on any atom is -0.489 e. The van der Waals surface area contributed by atoms with E-state index in [1.165, 1.54) is 20.1 Å². The fourth-order valence-corrected chi connectivity index (χ4v) is 4.68. The van der Waals surface area contributed by atoms with Gasteiger partial charge in [-0.3, -0.25) is 4.79 Å². The number of fused-ring (bicyclic) bond motifs is 1. The molecule has 1 aromatic carbocycles. The second kappa shape index (κ2) is 8.78. The lowest BCUT2D eigenvalue weighted by Gasteiger charge is -2.33. The molecular formula is C24H28FN3O4S. The van der Waals surface area contributed by atoms with Crippen LogP contribution >= 0.6 is 0 Å². The molecule has 176 valence electrons. The number of amides is 1. The van der Waals surface area contributed by atoms with E-state index in [0.29, 0.717) is 37.5 Å². The second-order valence-electron chi connectivity index (χ2n) is 9.12. The van der Waals surface area contributed by atoms with Crippen molar-refractivity contribution in [2.75, 3.05) is 19.3 Å². The van der Waals surface area contributed by atoms with Gasteiger partial charge in [-0.2, -0.15) is 0 Å². The highest BCUT2D eigenvalue weighted by Crippen LogP contribution is 2.25. The summed E-state index contributed by atoms with van der Waals surface area (Å²) in [5.74, 6) is 1.18. The summed E-state index contributed by atoms with van der Waals surface area (Å²) in [6, 6.07) is 10.6. The maximum Gasteiger partial charge on any atom is 0.225 e. The highest BCUT2D eigenvalue weighted by atomic mass is 32.2. The predicted molar refractivity (Wildman–Crippen MR) is 124 cm³/mol. The number of likely N-dealkylation sites (tertiary alicyclic amines) is 1. The van der Waals surface area contributed by atoms with Crippen LogP contribution in [0.5, 0.6) is 5.75 Å². The van der Waals surface area contributed by atoms with Gasteiger partial charge in [0.1, 0.15) is 23.3 Å². The Balaban J connectivity index is 1.39. The maximum absolute atomic E-state index is 13.7. The van der Waals surface area contributed by atoms with E-state index in [9.17, 15) is 17.6 Å². The van der Waals surface area contributed by atoms with Gasteiger partial charge in [-0.1, -0.05) is 0 Å². The SMILES string of the molecule is CC(C)(F)CC(=O)N1CCC(Oc2ccc(-n3ccc4cc(S(C)(=O)=O)ccc43)nc2)CC1. The summed E-state index contributed by atoms with van der Waals surface area (Å²) in [7, 11) is -3.27. The largest absolute Gasteiger partial charge is 0.489 e. The maximum atomic E-state index is 13.7. The number of pyridine rings is 1. The Hall–Kier alpha value is -2.94. The lowest BCUT2D eigenvalue weighted by molar-refractivity contribution is -0.135. The van der Waals surface area contributed by atoms with Crippen LogP contribution in [0.15, 0.2) is 53.7 Å². The minimum atomic E-state index is -3.27. The highest BCUT2D eigenvalue weighted by Gasteiger charge is 2.28. The van der Waals surface area contributed by atoms with Gasteiger partial charge in [0.25, 0.3) is 0 Å². The van der Waals surface area contributed by atoms with Crippen molar-refractivity contribution in [1.82, 2.24) is 14.5 Å². The summed E-state index contributed by atoms with van der Waals surface area (Å²) in [6.07, 6.45) is 5.95. The van der Waals surface area contributed by atoms with Gasteiger partial charge in [-0.05, 0) is 50.2 Å². The Morgan fingerprint density at radius 1 is 1.18 bits per heavy atom. The smallest absolute Gasteiger partial charge is 0.225 e. The molecule has 1 aliphatic heterocycles. The topological polar surface area (TPSA) is 81.5 Å². The van der Waals surface area contributed by atoms with Crippen molar-refractivity contribution in [2.24, 2.45) is 0 Å². The standard InChI is InChI=1S/C24H28FN3O4S/c1-24(2,25)15-23(29)27-11-9-18(10-12-27)32-19-4-7-22(26-16-19)28-13-8-17-14-20(33(3,30)31)5-6-21(17)28/h4-8,13-14,16,18H,9-12,15H2,1-3H3. The number of hydrogen-bond acceptors (Lipinski definition) is 5. The molecule has 1 saturated heterocycles. The van der Waals surface area contributed by atoms with Gasteiger partial charge in [0, 0.05) is 43.8 Å². The summed E-state index contributed by atoms with van der Waals surface area (Å²) in [6.45, 7) is 3.94. The molecule has 1 fully saturated rings. The number of carbonyl (C=O) groups excluding carboxylic acids is 1. The van der Waals surface area contributed by atoms with Gasteiger partial charge in [0.15, 0.2) is 9.84 Å². The predicted octanol–water partition coefficient (Wildman–Crippen LogP) is 3.94. The van der Waals surface area contributed by atoms with Gasteiger partial charge < -0.3 is 14.2 Å². The fourth-order valence-electron chi connectivity index (χ4n) is 4.02. The number of carbonyl (C=O) groups is 1. The van der Waals surface area contributed by atoms with E-state index < -0.39 is 15.5 Å². The molecule has 7 nitrogen and oxygen atoms in total. The average molecular weight is 474 g/mol. The molecule has 0 unspecified atom stereocenters. The van der Waals surface area contributed by atoms with E-state index in [-0.39, 0.29) is 23.3 Å². The van der Waals surface area contributed by atoms with E-state index >= 15 is 0 Å². The van der Waals surface area contributed by atoms with Crippen LogP contribution in [0.2, 0.25) is 0 Å². The van der Waals surface area contributed by atoms with E-state index in [4.69, 9.17) is 4.74 Å². The van der Waals surface area contributed by atoms with Crippen molar-refractivity contribution in [3.8, 4) is 11.6 Å². The number of nitrogens with zero attached hydrogens (tertiary/aromatic N) is 3. The van der Waals surface area contributed by atoms with Crippen molar-refractivity contribution >= 4 is 26.6 Å². The molecule has 2 aromatic heterocycles. The Labute approximate surface area is 193 Å². The fraction of sp³-hybridized carbons (Fsp3) is 0.417. The van der Waals surface area contributed by atoms with Crippen LogP contribution in [0.4, 0.5) is 4.39 Å². The molecular weight excluding hydrogens is 445 g/mol. The van der Waals surface area contributed by atoms with Gasteiger partial charge in [-0.15, -0.1) is 0 Å². The van der Waals surface area contributed by atoms with Gasteiger partial charge in [-0.25, -0.2) is 17.8 Å². The first-order valence-corrected chi connectivity index (χ1v) is 12.8. The lowest BCUT2D eigenvalue weighted by Crippen LogP contribution is -2.43. The molecule has 9 heteroatoms. The summed E-state index contributed by atoms with van der Waals surface area (Å²) in [5.41, 5.74) is -0.643. The van der Waals surface area contributed by atoms with Crippen LogP contribution < -0.4 is 4.74 Å². The molecule has 0 atom stereocenters. The zero-order valence-corrected chi connectivity index (χ0v) is 19.8. The van der Waals surface area contributed by atoms with Gasteiger partial charge >= 0.3 is 0 Å². The Kier molecular flexibility index (Phi) is 6.18. The van der Waals surface area contributed by atoms with Crippen LogP contribution in [0.25, 0.3) is 16.7 Å². The van der Waals surface area contributed by atoms with E-state index in [1.54, 1.807) is 29.3 Å². The molecule has 1 aliphatic rings. The number of halogens is 1. The zero-order valence-electron chi connectivity index (χ0n) is 19.0. The number of ether oxygens (including phenoxy) is 1. The summed E-state index contributed by atoms with van der Waals surface area (Å²) in [4.78, 5) is 18.7. The molecule has 1 amide bonds. The van der Waals surface area contributed by atoms with E-state index in [1.807, 2.05) is 29.0 Å². The first-order chi connectivity index (χ1) is 15.5. The van der Waals surface area contributed by atoms with Crippen LogP contribution in [0, 0.1) is 0 Å². The Bertz CT molecular complexity index is 1260. The number of hydrogen-bond donors (Lipinski definition) is 0. The first kappa shape index (κ1) is 23.2. The second-order valence-corrected chi connectivity index (χ2v) is 11.1. The van der Waals surface area contributed by atoms with Crippen LogP contribution in [-0.2, 0) is 14.6 Å². The lowest BCUT2D eigenvalue weighted by atomic mass is 10.0. The summed E-state index contributed by atoms with van der Waals surface area (Å²) >= 11 is 0. The number of benzene rings is 1. The quantitative estimate of drug-likeness (QED) is 0.542. The number of aromatic nitrogens is 2. The Morgan fingerprint density at radius 3 is 2.52 bits per heavy atom. The normalized spacial score (nSPS) is 15.7. The van der Waals surface area contributed by atoms with Crippen molar-refractivity contribution in [3.05, 3.63) is 48.8 Å². The monoisotopic (exact) mass is 473 g/mol. The third-order valence-electron chi connectivity index (χ3n) is 5.73. The molecule has 0 aliphatic carbocycles. The molecule has 3 heterocycles. The molecule has 3 aromatic rings. The average Bonchev–Trinajstić information content (AvgIpc) is 3.16. The minimum absolute atomic E-state index is 0.0260. The van der Waals surface area contributed by atoms with Crippen molar-refractivity contribution in [2.45, 2.75) is 49.8 Å². The molecule has 0 spiro atoms.